The number of hydrogen-bond donors (Lipinski definition) is 0. The van der Waals surface area contributed by atoms with Gasteiger partial charge in [0, 0.05) is 35.7 Å². The summed E-state index contributed by atoms with van der Waals surface area (Å²) in [5.74, 6) is 1.32. The number of halogens is 1. The van der Waals surface area contributed by atoms with E-state index in [4.69, 9.17) is 11.6 Å². The molecular weight excluding hydrogens is 370 g/mol. The molecule has 3 aliphatic rings. The van der Waals surface area contributed by atoms with Gasteiger partial charge >= 0.3 is 0 Å². The quantitative estimate of drug-likeness (QED) is 0.649. The minimum absolute atomic E-state index is 0.00388. The van der Waals surface area contributed by atoms with E-state index in [1.54, 1.807) is 18.6 Å². The van der Waals surface area contributed by atoms with Gasteiger partial charge in [-0.2, -0.15) is 5.10 Å². The van der Waals surface area contributed by atoms with Gasteiger partial charge in [-0.1, -0.05) is 25.4 Å². The van der Waals surface area contributed by atoms with Gasteiger partial charge in [0.05, 0.1) is 16.4 Å². The van der Waals surface area contributed by atoms with Crippen LogP contribution in [0.5, 0.6) is 0 Å². The highest BCUT2D eigenvalue weighted by Crippen LogP contribution is 2.43. The van der Waals surface area contributed by atoms with Gasteiger partial charge in [-0.15, -0.1) is 0 Å². The standard InChI is InChI=1S/C23H26ClN3O/c1-14-6-9-20(23(28)16(3)15(2)17-7-8-17)22(18-11-19(24)13-25-12-18)27-21(14)5-4-10-26-27/h4-5,10-13,15-17H,6-9H2,1-3H3. The highest BCUT2D eigenvalue weighted by atomic mass is 35.5. The smallest absolute Gasteiger partial charge is 0.164 e. The summed E-state index contributed by atoms with van der Waals surface area (Å²) in [5.41, 5.74) is 4.75. The molecule has 28 heavy (non-hydrogen) atoms. The van der Waals surface area contributed by atoms with Crippen LogP contribution in [0.2, 0.25) is 5.02 Å². The molecule has 0 N–H and O–H groups in total. The SMILES string of the molecule is CC1=C2C=CC=NN2C(c2cncc(Cl)c2)=C(C(=O)C(C)C(C)C2CC2)CC1. The fourth-order valence-corrected chi connectivity index (χ4v) is 4.36. The van der Waals surface area contributed by atoms with Crippen LogP contribution in [-0.2, 0) is 4.79 Å². The molecule has 0 amide bonds. The number of fused-ring (bicyclic) bond motifs is 1. The summed E-state index contributed by atoms with van der Waals surface area (Å²) in [4.78, 5) is 17.9. The molecule has 0 saturated heterocycles. The number of Topliss-reactive ketones (excluding diaryl/α,β-unsaturated/α-hetero) is 1. The molecule has 3 heterocycles. The number of carbonyl (C=O) groups excluding carboxylic acids is 1. The van der Waals surface area contributed by atoms with E-state index in [0.29, 0.717) is 23.3 Å². The minimum Gasteiger partial charge on any atom is -0.294 e. The maximum atomic E-state index is 13.6. The van der Waals surface area contributed by atoms with Gasteiger partial charge in [-0.25, -0.2) is 5.01 Å². The van der Waals surface area contributed by atoms with Crippen LogP contribution in [0.1, 0.15) is 52.0 Å². The fraction of sp³-hybridized carbons (Fsp3) is 0.435. The number of hydrogen-bond acceptors (Lipinski definition) is 4. The number of hydrazone groups is 1. The summed E-state index contributed by atoms with van der Waals surface area (Å²) in [7, 11) is 0. The Morgan fingerprint density at radius 3 is 2.75 bits per heavy atom. The van der Waals surface area contributed by atoms with E-state index in [1.807, 2.05) is 17.2 Å². The molecular formula is C23H26ClN3O. The third-order valence-electron chi connectivity index (χ3n) is 6.28. The molecule has 4 rings (SSSR count). The third-order valence-corrected chi connectivity index (χ3v) is 6.49. The van der Waals surface area contributed by atoms with Crippen LogP contribution >= 0.6 is 11.6 Å². The van der Waals surface area contributed by atoms with Gasteiger partial charge in [-0.3, -0.25) is 9.78 Å². The largest absolute Gasteiger partial charge is 0.294 e. The number of rotatable bonds is 5. The molecule has 1 saturated carbocycles. The first-order valence-electron chi connectivity index (χ1n) is 10.1. The van der Waals surface area contributed by atoms with Gasteiger partial charge in [0.15, 0.2) is 5.78 Å². The summed E-state index contributed by atoms with van der Waals surface area (Å²) >= 11 is 6.25. The molecule has 1 fully saturated rings. The lowest BCUT2D eigenvalue weighted by Gasteiger charge is -2.28. The number of ketones is 1. The van der Waals surface area contributed by atoms with Gasteiger partial charge in [0.2, 0.25) is 0 Å². The molecule has 0 radical (unpaired) electrons. The van der Waals surface area contributed by atoms with Crippen molar-refractivity contribution >= 4 is 29.3 Å². The second-order valence-electron chi connectivity index (χ2n) is 8.17. The van der Waals surface area contributed by atoms with E-state index in [-0.39, 0.29) is 11.7 Å². The Hall–Kier alpha value is -2.20. The van der Waals surface area contributed by atoms with Crippen molar-refractivity contribution in [2.45, 2.75) is 46.5 Å². The molecule has 2 atom stereocenters. The van der Waals surface area contributed by atoms with Crippen LogP contribution in [0, 0.1) is 17.8 Å². The van der Waals surface area contributed by atoms with Crippen LogP contribution in [0.4, 0.5) is 0 Å². The molecule has 5 heteroatoms. The van der Waals surface area contributed by atoms with E-state index in [0.717, 1.165) is 29.0 Å². The van der Waals surface area contributed by atoms with Crippen LogP contribution in [0.3, 0.4) is 0 Å². The second kappa shape index (κ2) is 7.67. The molecule has 2 unspecified atom stereocenters. The Balaban J connectivity index is 1.84. The third kappa shape index (κ3) is 3.58. The number of pyridine rings is 1. The van der Waals surface area contributed by atoms with E-state index >= 15 is 0 Å². The predicted octanol–water partition coefficient (Wildman–Crippen LogP) is 5.62. The first-order chi connectivity index (χ1) is 13.5. The van der Waals surface area contributed by atoms with E-state index in [9.17, 15) is 4.79 Å². The summed E-state index contributed by atoms with van der Waals surface area (Å²) in [5, 5.41) is 7.07. The number of aromatic nitrogens is 1. The molecule has 0 spiro atoms. The summed E-state index contributed by atoms with van der Waals surface area (Å²) in [6.07, 6.45) is 13.2. The lowest BCUT2D eigenvalue weighted by molar-refractivity contribution is -0.120. The van der Waals surface area contributed by atoms with Crippen molar-refractivity contribution in [3.05, 3.63) is 58.0 Å². The lowest BCUT2D eigenvalue weighted by atomic mass is 9.83. The Morgan fingerprint density at radius 2 is 2.04 bits per heavy atom. The minimum atomic E-state index is -0.00388. The zero-order valence-corrected chi connectivity index (χ0v) is 17.4. The molecule has 1 aliphatic carbocycles. The Bertz CT molecular complexity index is 924. The Morgan fingerprint density at radius 1 is 1.25 bits per heavy atom. The van der Waals surface area contributed by atoms with E-state index in [2.05, 4.69) is 36.9 Å². The van der Waals surface area contributed by atoms with E-state index < -0.39 is 0 Å². The highest BCUT2D eigenvalue weighted by molar-refractivity contribution is 6.30. The van der Waals surface area contributed by atoms with Crippen LogP contribution in [-0.4, -0.2) is 22.0 Å². The van der Waals surface area contributed by atoms with Crippen LogP contribution < -0.4 is 0 Å². The highest BCUT2D eigenvalue weighted by Gasteiger charge is 2.37. The van der Waals surface area contributed by atoms with Crippen molar-refractivity contribution in [3.8, 4) is 0 Å². The molecule has 1 aromatic heterocycles. The number of nitrogens with zero attached hydrogens (tertiary/aromatic N) is 3. The average molecular weight is 396 g/mol. The normalized spacial score (nSPS) is 21.5. The zero-order valence-electron chi connectivity index (χ0n) is 16.7. The van der Waals surface area contributed by atoms with Crippen molar-refractivity contribution in [1.29, 1.82) is 0 Å². The first kappa shape index (κ1) is 19.1. The molecule has 2 aliphatic heterocycles. The fourth-order valence-electron chi connectivity index (χ4n) is 4.18. The maximum absolute atomic E-state index is 13.6. The van der Waals surface area contributed by atoms with E-state index in [1.165, 1.54) is 18.4 Å². The molecule has 1 aromatic rings. The van der Waals surface area contributed by atoms with Gasteiger partial charge in [0.1, 0.15) is 0 Å². The summed E-state index contributed by atoms with van der Waals surface area (Å²) in [6.45, 7) is 6.41. The van der Waals surface area contributed by atoms with Crippen LogP contribution in [0.25, 0.3) is 5.70 Å². The molecule has 0 bridgehead atoms. The van der Waals surface area contributed by atoms with Gasteiger partial charge < -0.3 is 0 Å². The van der Waals surface area contributed by atoms with Crippen molar-refractivity contribution in [2.24, 2.45) is 22.9 Å². The molecule has 146 valence electrons. The van der Waals surface area contributed by atoms with Gasteiger partial charge in [-0.05, 0) is 68.2 Å². The Kier molecular flexibility index (Phi) is 5.24. The Labute approximate surface area is 171 Å². The number of carbonyl (C=O) groups is 1. The van der Waals surface area contributed by atoms with Crippen molar-refractivity contribution in [2.75, 3.05) is 0 Å². The van der Waals surface area contributed by atoms with Crippen molar-refractivity contribution in [1.82, 2.24) is 9.99 Å². The predicted molar refractivity (Wildman–Crippen MR) is 114 cm³/mol. The molecule has 4 nitrogen and oxygen atoms in total. The summed E-state index contributed by atoms with van der Waals surface area (Å²) in [6, 6.07) is 1.87. The average Bonchev–Trinajstić information content (AvgIpc) is 3.55. The lowest BCUT2D eigenvalue weighted by Crippen LogP contribution is -2.25. The monoisotopic (exact) mass is 395 g/mol. The van der Waals surface area contributed by atoms with Crippen molar-refractivity contribution < 1.29 is 4.79 Å². The first-order valence-corrected chi connectivity index (χ1v) is 10.4. The second-order valence-corrected chi connectivity index (χ2v) is 8.61. The van der Waals surface area contributed by atoms with Crippen LogP contribution in [0.15, 0.2) is 52.6 Å². The van der Waals surface area contributed by atoms with Gasteiger partial charge in [0.25, 0.3) is 0 Å². The van der Waals surface area contributed by atoms with Crippen molar-refractivity contribution in [3.63, 3.8) is 0 Å². The summed E-state index contributed by atoms with van der Waals surface area (Å²) < 4.78 is 0. The topological polar surface area (TPSA) is 45.6 Å². The number of allylic oxidation sites excluding steroid dienone is 4. The zero-order chi connectivity index (χ0) is 19.8. The maximum Gasteiger partial charge on any atom is 0.164 e. The molecule has 0 aromatic carbocycles.